The molecule has 1 saturated carbocycles. The molecule has 1 rings (SSSR count). The Labute approximate surface area is 91.9 Å². The monoisotopic (exact) mass is 235 g/mol. The normalized spacial score (nSPS) is 27.1. The van der Waals surface area contributed by atoms with Gasteiger partial charge in [-0.1, -0.05) is 6.92 Å². The highest BCUT2D eigenvalue weighted by Gasteiger charge is 2.21. The predicted molar refractivity (Wildman–Crippen MR) is 61.1 cm³/mol. The molecule has 6 heteroatoms. The van der Waals surface area contributed by atoms with E-state index in [2.05, 4.69) is 10.0 Å². The van der Waals surface area contributed by atoms with E-state index >= 15 is 0 Å². The van der Waals surface area contributed by atoms with Gasteiger partial charge in [-0.2, -0.15) is 0 Å². The van der Waals surface area contributed by atoms with Crippen LogP contribution in [0.15, 0.2) is 0 Å². The van der Waals surface area contributed by atoms with E-state index in [0.29, 0.717) is 19.1 Å². The Morgan fingerprint density at radius 3 is 2.67 bits per heavy atom. The van der Waals surface area contributed by atoms with E-state index in [1.807, 2.05) is 0 Å². The van der Waals surface area contributed by atoms with Crippen molar-refractivity contribution in [2.45, 2.75) is 38.3 Å². The molecule has 0 aliphatic heterocycles. The van der Waals surface area contributed by atoms with Gasteiger partial charge >= 0.3 is 0 Å². The van der Waals surface area contributed by atoms with E-state index < -0.39 is 10.0 Å². The SMILES string of the molecule is CCNS(=O)(=O)CCNC1CCC(N)C1. The first kappa shape index (κ1) is 12.9. The molecule has 0 bridgehead atoms. The van der Waals surface area contributed by atoms with Gasteiger partial charge in [-0.25, -0.2) is 13.1 Å². The minimum Gasteiger partial charge on any atom is -0.328 e. The highest BCUT2D eigenvalue weighted by Crippen LogP contribution is 2.16. The summed E-state index contributed by atoms with van der Waals surface area (Å²) in [6.07, 6.45) is 3.06. The summed E-state index contributed by atoms with van der Waals surface area (Å²) in [4.78, 5) is 0. The zero-order valence-corrected chi connectivity index (χ0v) is 10.0. The molecule has 4 N–H and O–H groups in total. The second kappa shape index (κ2) is 5.79. The summed E-state index contributed by atoms with van der Waals surface area (Å²) in [7, 11) is -3.08. The Balaban J connectivity index is 2.16. The summed E-state index contributed by atoms with van der Waals surface area (Å²) in [5.41, 5.74) is 5.76. The molecule has 1 aliphatic carbocycles. The lowest BCUT2D eigenvalue weighted by Gasteiger charge is -2.12. The van der Waals surface area contributed by atoms with E-state index in [1.165, 1.54) is 0 Å². The van der Waals surface area contributed by atoms with Crippen LogP contribution in [-0.4, -0.2) is 39.3 Å². The fourth-order valence-corrected chi connectivity index (χ4v) is 2.86. The molecule has 2 unspecified atom stereocenters. The zero-order chi connectivity index (χ0) is 11.3. The van der Waals surface area contributed by atoms with Gasteiger partial charge in [0.25, 0.3) is 0 Å². The lowest BCUT2D eigenvalue weighted by molar-refractivity contribution is 0.527. The van der Waals surface area contributed by atoms with Crippen LogP contribution in [0.4, 0.5) is 0 Å². The molecular formula is C9H21N3O2S. The van der Waals surface area contributed by atoms with Gasteiger partial charge in [-0.15, -0.1) is 0 Å². The standard InChI is InChI=1S/C9H21N3O2S/c1-2-12-15(13,14)6-5-11-9-4-3-8(10)7-9/h8-9,11-12H,2-7,10H2,1H3. The third kappa shape index (κ3) is 4.92. The predicted octanol–water partition coefficient (Wildman–Crippen LogP) is -0.605. The molecule has 0 amide bonds. The Morgan fingerprint density at radius 2 is 2.13 bits per heavy atom. The fraction of sp³-hybridized carbons (Fsp3) is 1.00. The molecule has 0 aromatic carbocycles. The van der Waals surface area contributed by atoms with Gasteiger partial charge in [0.15, 0.2) is 0 Å². The number of hydrogen-bond donors (Lipinski definition) is 3. The molecule has 0 aromatic heterocycles. The number of hydrogen-bond acceptors (Lipinski definition) is 4. The van der Waals surface area contributed by atoms with Crippen LogP contribution in [0.25, 0.3) is 0 Å². The minimum absolute atomic E-state index is 0.145. The maximum Gasteiger partial charge on any atom is 0.212 e. The minimum atomic E-state index is -3.08. The van der Waals surface area contributed by atoms with Crippen LogP contribution in [0.5, 0.6) is 0 Å². The van der Waals surface area contributed by atoms with E-state index in [1.54, 1.807) is 6.92 Å². The van der Waals surface area contributed by atoms with Crippen molar-refractivity contribution in [3.8, 4) is 0 Å². The van der Waals surface area contributed by atoms with Gasteiger partial charge < -0.3 is 11.1 Å². The van der Waals surface area contributed by atoms with Crippen molar-refractivity contribution < 1.29 is 8.42 Å². The number of rotatable bonds is 6. The summed E-state index contributed by atoms with van der Waals surface area (Å²) in [5, 5.41) is 3.23. The number of nitrogens with one attached hydrogen (secondary N) is 2. The molecule has 0 spiro atoms. The van der Waals surface area contributed by atoms with Crippen molar-refractivity contribution in [2.24, 2.45) is 5.73 Å². The first-order valence-electron chi connectivity index (χ1n) is 5.50. The van der Waals surface area contributed by atoms with Gasteiger partial charge in [0.1, 0.15) is 0 Å². The Hall–Kier alpha value is -0.170. The van der Waals surface area contributed by atoms with Gasteiger partial charge in [-0.05, 0) is 19.3 Å². The van der Waals surface area contributed by atoms with Crippen molar-refractivity contribution in [1.82, 2.24) is 10.0 Å². The third-order valence-corrected chi connectivity index (χ3v) is 4.11. The van der Waals surface area contributed by atoms with Crippen LogP contribution < -0.4 is 15.8 Å². The molecule has 0 heterocycles. The Morgan fingerprint density at radius 1 is 1.40 bits per heavy atom. The second-order valence-electron chi connectivity index (χ2n) is 4.04. The van der Waals surface area contributed by atoms with Gasteiger partial charge in [-0.3, -0.25) is 0 Å². The first-order chi connectivity index (χ1) is 7.03. The molecule has 0 radical (unpaired) electrons. The molecule has 1 aliphatic rings. The van der Waals surface area contributed by atoms with Crippen LogP contribution >= 0.6 is 0 Å². The number of sulfonamides is 1. The maximum atomic E-state index is 11.3. The molecule has 5 nitrogen and oxygen atoms in total. The maximum absolute atomic E-state index is 11.3. The van der Waals surface area contributed by atoms with Crippen LogP contribution in [0.3, 0.4) is 0 Å². The van der Waals surface area contributed by atoms with Crippen LogP contribution in [0, 0.1) is 0 Å². The lowest BCUT2D eigenvalue weighted by atomic mass is 10.2. The van der Waals surface area contributed by atoms with E-state index in [0.717, 1.165) is 19.3 Å². The summed E-state index contributed by atoms with van der Waals surface area (Å²) in [5.74, 6) is 0.145. The molecule has 0 aromatic rings. The molecule has 15 heavy (non-hydrogen) atoms. The smallest absolute Gasteiger partial charge is 0.212 e. The molecule has 2 atom stereocenters. The lowest BCUT2D eigenvalue weighted by Crippen LogP contribution is -2.36. The molecule has 1 fully saturated rings. The Kier molecular flexibility index (Phi) is 4.98. The van der Waals surface area contributed by atoms with E-state index in [-0.39, 0.29) is 11.8 Å². The third-order valence-electron chi connectivity index (χ3n) is 2.64. The Bertz CT molecular complexity index is 279. The van der Waals surface area contributed by atoms with Crippen LogP contribution in [-0.2, 0) is 10.0 Å². The highest BCUT2D eigenvalue weighted by atomic mass is 32.2. The summed E-state index contributed by atoms with van der Waals surface area (Å²) in [6, 6.07) is 0.685. The van der Waals surface area contributed by atoms with Gasteiger partial charge in [0.05, 0.1) is 5.75 Å². The van der Waals surface area contributed by atoms with Crippen LogP contribution in [0.2, 0.25) is 0 Å². The largest absolute Gasteiger partial charge is 0.328 e. The van der Waals surface area contributed by atoms with Crippen molar-refractivity contribution in [1.29, 1.82) is 0 Å². The molecule has 90 valence electrons. The topological polar surface area (TPSA) is 84.2 Å². The number of nitrogens with two attached hydrogens (primary N) is 1. The van der Waals surface area contributed by atoms with Gasteiger partial charge in [0, 0.05) is 25.2 Å². The van der Waals surface area contributed by atoms with Crippen molar-refractivity contribution in [3.63, 3.8) is 0 Å². The average Bonchev–Trinajstić information content (AvgIpc) is 2.51. The molecule has 0 saturated heterocycles. The van der Waals surface area contributed by atoms with Crippen molar-refractivity contribution in [3.05, 3.63) is 0 Å². The molecular weight excluding hydrogens is 214 g/mol. The fourth-order valence-electron chi connectivity index (χ4n) is 1.89. The van der Waals surface area contributed by atoms with E-state index in [9.17, 15) is 8.42 Å². The van der Waals surface area contributed by atoms with Crippen LogP contribution in [0.1, 0.15) is 26.2 Å². The highest BCUT2D eigenvalue weighted by molar-refractivity contribution is 7.89. The average molecular weight is 235 g/mol. The summed E-state index contributed by atoms with van der Waals surface area (Å²) >= 11 is 0. The quantitative estimate of drug-likeness (QED) is 0.574. The second-order valence-corrected chi connectivity index (χ2v) is 5.97. The summed E-state index contributed by atoms with van der Waals surface area (Å²) in [6.45, 7) is 2.74. The van der Waals surface area contributed by atoms with Gasteiger partial charge in [0.2, 0.25) is 10.0 Å². The van der Waals surface area contributed by atoms with Crippen molar-refractivity contribution >= 4 is 10.0 Å². The summed E-state index contributed by atoms with van der Waals surface area (Å²) < 4.78 is 25.0. The zero-order valence-electron chi connectivity index (χ0n) is 9.20. The van der Waals surface area contributed by atoms with Crippen molar-refractivity contribution in [2.75, 3.05) is 18.8 Å². The first-order valence-corrected chi connectivity index (χ1v) is 7.15. The van der Waals surface area contributed by atoms with E-state index in [4.69, 9.17) is 5.73 Å².